The van der Waals surface area contributed by atoms with Crippen LogP contribution >= 0.6 is 0 Å². The van der Waals surface area contributed by atoms with E-state index in [1.165, 1.54) is 33.4 Å². The third kappa shape index (κ3) is 4.04. The first-order valence-corrected chi connectivity index (χ1v) is 9.04. The van der Waals surface area contributed by atoms with Gasteiger partial charge in [-0.2, -0.15) is 0 Å². The van der Waals surface area contributed by atoms with Gasteiger partial charge in [-0.15, -0.1) is 0 Å². The van der Waals surface area contributed by atoms with Crippen molar-refractivity contribution in [3.05, 3.63) is 100 Å². The van der Waals surface area contributed by atoms with Crippen molar-refractivity contribution in [1.29, 1.82) is 0 Å². The van der Waals surface area contributed by atoms with Crippen LogP contribution < -0.4 is 5.46 Å². The van der Waals surface area contributed by atoms with Gasteiger partial charge in [0.2, 0.25) is 0 Å². The second-order valence-corrected chi connectivity index (χ2v) is 7.12. The minimum Gasteiger partial charge on any atom is -0.0898 e. The molecule has 0 N–H and O–H groups in total. The van der Waals surface area contributed by atoms with Crippen molar-refractivity contribution in [3.63, 3.8) is 0 Å². The summed E-state index contributed by atoms with van der Waals surface area (Å²) < 4.78 is 0. The Morgan fingerprint density at radius 2 is 1.20 bits per heavy atom. The van der Waals surface area contributed by atoms with E-state index in [0.29, 0.717) is 5.92 Å². The molecule has 0 heterocycles. The molecule has 0 aliphatic heterocycles. The van der Waals surface area contributed by atoms with E-state index in [4.69, 9.17) is 7.85 Å². The van der Waals surface area contributed by atoms with E-state index in [0.717, 1.165) is 18.3 Å². The summed E-state index contributed by atoms with van der Waals surface area (Å²) in [6, 6.07) is 23.8. The maximum atomic E-state index is 6.46. The molecule has 0 saturated carbocycles. The molecule has 0 amide bonds. The molecule has 0 atom stereocenters. The Balaban J connectivity index is 1.92. The fraction of sp³-hybridized carbons (Fsp3) is 0.250. The van der Waals surface area contributed by atoms with Crippen molar-refractivity contribution in [2.24, 2.45) is 0 Å². The van der Waals surface area contributed by atoms with Crippen molar-refractivity contribution in [2.45, 2.75) is 39.5 Å². The van der Waals surface area contributed by atoms with Crippen LogP contribution in [0.25, 0.3) is 0 Å². The minimum absolute atomic E-state index is 0.446. The zero-order valence-corrected chi connectivity index (χ0v) is 15.4. The van der Waals surface area contributed by atoms with E-state index in [9.17, 15) is 0 Å². The number of benzene rings is 3. The zero-order valence-electron chi connectivity index (χ0n) is 15.4. The summed E-state index contributed by atoms with van der Waals surface area (Å²) >= 11 is 0. The second kappa shape index (κ2) is 7.74. The Morgan fingerprint density at radius 3 is 1.80 bits per heavy atom. The van der Waals surface area contributed by atoms with Gasteiger partial charge in [0, 0.05) is 0 Å². The Labute approximate surface area is 153 Å². The molecule has 0 nitrogen and oxygen atoms in total. The molecular formula is C24H25B. The highest BCUT2D eigenvalue weighted by Crippen LogP contribution is 2.21. The first-order chi connectivity index (χ1) is 12.1. The van der Waals surface area contributed by atoms with Crippen LogP contribution in [0.5, 0.6) is 0 Å². The molecule has 0 spiro atoms. The normalized spacial score (nSPS) is 11.0. The topological polar surface area (TPSA) is 0 Å². The molecule has 0 unspecified atom stereocenters. The highest BCUT2D eigenvalue weighted by Gasteiger charge is 2.10. The SMILES string of the molecule is [B]c1c(Cc2ccccc2Cc2ccccc2C)cccc1C(C)C. The maximum Gasteiger partial charge on any atom is 0.114 e. The lowest BCUT2D eigenvalue weighted by Gasteiger charge is -2.16. The highest BCUT2D eigenvalue weighted by molar-refractivity contribution is 6.34. The van der Waals surface area contributed by atoms with Gasteiger partial charge in [-0.05, 0) is 47.9 Å². The number of hydrogen-bond donors (Lipinski definition) is 0. The van der Waals surface area contributed by atoms with Crippen molar-refractivity contribution < 1.29 is 0 Å². The van der Waals surface area contributed by atoms with Crippen molar-refractivity contribution in [3.8, 4) is 0 Å². The van der Waals surface area contributed by atoms with Crippen LogP contribution in [0.1, 0.15) is 53.1 Å². The van der Waals surface area contributed by atoms with Gasteiger partial charge in [0.1, 0.15) is 7.85 Å². The van der Waals surface area contributed by atoms with E-state index in [-0.39, 0.29) is 0 Å². The quantitative estimate of drug-likeness (QED) is 0.573. The summed E-state index contributed by atoms with van der Waals surface area (Å²) in [5.41, 5.74) is 8.89. The predicted molar refractivity (Wildman–Crippen MR) is 109 cm³/mol. The molecule has 2 radical (unpaired) electrons. The molecule has 0 aliphatic carbocycles. The van der Waals surface area contributed by atoms with Crippen LogP contribution in [0.4, 0.5) is 0 Å². The largest absolute Gasteiger partial charge is 0.114 e. The lowest BCUT2D eigenvalue weighted by molar-refractivity contribution is 0.871. The van der Waals surface area contributed by atoms with Crippen LogP contribution in [-0.4, -0.2) is 7.85 Å². The molecule has 0 aromatic heterocycles. The van der Waals surface area contributed by atoms with Gasteiger partial charge in [-0.3, -0.25) is 0 Å². The maximum absolute atomic E-state index is 6.46. The molecule has 3 aromatic carbocycles. The Hall–Kier alpha value is -2.28. The molecule has 0 fully saturated rings. The first-order valence-electron chi connectivity index (χ1n) is 9.04. The number of rotatable bonds is 5. The van der Waals surface area contributed by atoms with Crippen LogP contribution in [0, 0.1) is 6.92 Å². The molecule has 3 aromatic rings. The Kier molecular flexibility index (Phi) is 5.43. The standard InChI is InChI=1S/C24H25B/c1-17(2)23-14-8-13-22(24(23)25)16-21-12-7-6-11-20(21)15-19-10-5-4-9-18(19)3/h4-14,17H,15-16H2,1-3H3. The molecule has 0 bridgehead atoms. The Morgan fingerprint density at radius 1 is 0.680 bits per heavy atom. The molecule has 124 valence electrons. The van der Waals surface area contributed by atoms with Gasteiger partial charge in [-0.1, -0.05) is 97.2 Å². The third-order valence-electron chi connectivity index (χ3n) is 4.99. The molecular weight excluding hydrogens is 299 g/mol. The van der Waals surface area contributed by atoms with E-state index >= 15 is 0 Å². The molecule has 0 saturated heterocycles. The fourth-order valence-electron chi connectivity index (χ4n) is 3.41. The average molecular weight is 324 g/mol. The molecule has 25 heavy (non-hydrogen) atoms. The second-order valence-electron chi connectivity index (χ2n) is 7.12. The monoisotopic (exact) mass is 324 g/mol. The van der Waals surface area contributed by atoms with Crippen LogP contribution in [0.3, 0.4) is 0 Å². The lowest BCUT2D eigenvalue weighted by atomic mass is 9.79. The van der Waals surface area contributed by atoms with Gasteiger partial charge in [0.15, 0.2) is 0 Å². The minimum atomic E-state index is 0.446. The van der Waals surface area contributed by atoms with Gasteiger partial charge in [-0.25, -0.2) is 0 Å². The summed E-state index contributed by atoms with van der Waals surface area (Å²) in [6.45, 7) is 6.57. The van der Waals surface area contributed by atoms with Crippen molar-refractivity contribution in [1.82, 2.24) is 0 Å². The van der Waals surface area contributed by atoms with Crippen molar-refractivity contribution >= 4 is 13.3 Å². The smallest absolute Gasteiger partial charge is 0.0898 e. The van der Waals surface area contributed by atoms with Crippen molar-refractivity contribution in [2.75, 3.05) is 0 Å². The predicted octanol–water partition coefficient (Wildman–Crippen LogP) is 5.09. The van der Waals surface area contributed by atoms with Gasteiger partial charge in [0.05, 0.1) is 0 Å². The van der Waals surface area contributed by atoms with E-state index in [2.05, 4.69) is 87.5 Å². The third-order valence-corrected chi connectivity index (χ3v) is 4.99. The summed E-state index contributed by atoms with van der Waals surface area (Å²) in [4.78, 5) is 0. The van der Waals surface area contributed by atoms with E-state index < -0.39 is 0 Å². The highest BCUT2D eigenvalue weighted by atomic mass is 14.1. The van der Waals surface area contributed by atoms with Gasteiger partial charge >= 0.3 is 0 Å². The van der Waals surface area contributed by atoms with Crippen LogP contribution in [-0.2, 0) is 12.8 Å². The van der Waals surface area contributed by atoms with E-state index in [1.54, 1.807) is 0 Å². The van der Waals surface area contributed by atoms with Gasteiger partial charge < -0.3 is 0 Å². The number of aryl methyl sites for hydroxylation is 1. The molecule has 3 rings (SSSR count). The lowest BCUT2D eigenvalue weighted by Crippen LogP contribution is -2.18. The van der Waals surface area contributed by atoms with Gasteiger partial charge in [0.25, 0.3) is 0 Å². The summed E-state index contributed by atoms with van der Waals surface area (Å²) in [6.07, 6.45) is 1.85. The van der Waals surface area contributed by atoms with Crippen LogP contribution in [0.15, 0.2) is 66.7 Å². The fourth-order valence-corrected chi connectivity index (χ4v) is 3.41. The average Bonchev–Trinajstić information content (AvgIpc) is 2.60. The number of hydrogen-bond acceptors (Lipinski definition) is 0. The summed E-state index contributed by atoms with van der Waals surface area (Å²) in [5.74, 6) is 0.446. The summed E-state index contributed by atoms with van der Waals surface area (Å²) in [7, 11) is 6.46. The first kappa shape index (κ1) is 17.5. The van der Waals surface area contributed by atoms with E-state index in [1.807, 2.05) is 0 Å². The Bertz CT molecular complexity index is 861. The molecule has 1 heteroatoms. The summed E-state index contributed by atoms with van der Waals surface area (Å²) in [5, 5.41) is 0. The molecule has 0 aliphatic rings. The van der Waals surface area contributed by atoms with Crippen LogP contribution in [0.2, 0.25) is 0 Å². The zero-order chi connectivity index (χ0) is 17.8.